The van der Waals surface area contributed by atoms with Crippen LogP contribution < -0.4 is 4.90 Å². The summed E-state index contributed by atoms with van der Waals surface area (Å²) in [5, 5.41) is 10.3. The number of aliphatic hydroxyl groups is 1. The lowest BCUT2D eigenvalue weighted by atomic mass is 10.3. The Kier molecular flexibility index (Phi) is 3.93. The molecule has 24 heavy (non-hydrogen) atoms. The van der Waals surface area contributed by atoms with Crippen molar-refractivity contribution in [2.24, 2.45) is 0 Å². The molecule has 0 unspecified atom stereocenters. The third kappa shape index (κ3) is 2.99. The lowest BCUT2D eigenvalue weighted by molar-refractivity contribution is 0.0663. The van der Waals surface area contributed by atoms with Crippen LogP contribution in [0.2, 0.25) is 0 Å². The first-order valence-corrected chi connectivity index (χ1v) is 8.38. The molecule has 2 aromatic rings. The Bertz CT molecular complexity index is 713. The highest BCUT2D eigenvalue weighted by Gasteiger charge is 2.31. The third-order valence-corrected chi connectivity index (χ3v) is 4.56. The van der Waals surface area contributed by atoms with Gasteiger partial charge < -0.3 is 19.5 Å². The zero-order valence-electron chi connectivity index (χ0n) is 13.5. The summed E-state index contributed by atoms with van der Waals surface area (Å²) in [5.41, 5.74) is 0.717. The van der Waals surface area contributed by atoms with Gasteiger partial charge in [-0.25, -0.2) is 9.97 Å². The fraction of sp³-hybridized carbons (Fsp3) is 0.471. The topological polar surface area (TPSA) is 74.5 Å². The standard InChI is InChI=1S/C17H21N5O2/c23-14-11-20(9-10-21(12-14)17-18-6-2-7-19-17)16(24)15-3-1-8-22(15)13-4-5-13/h1-3,6-8,13-14,23H,4-5,9-12H2/t14-/m0/s1. The molecule has 1 amide bonds. The minimum atomic E-state index is -0.621. The van der Waals surface area contributed by atoms with E-state index in [-0.39, 0.29) is 5.91 Å². The number of amides is 1. The number of carbonyl (C=O) groups excluding carboxylic acids is 1. The van der Waals surface area contributed by atoms with Gasteiger partial charge in [0.1, 0.15) is 5.69 Å². The van der Waals surface area contributed by atoms with E-state index < -0.39 is 6.10 Å². The lowest BCUT2D eigenvalue weighted by Gasteiger charge is -2.22. The average Bonchev–Trinajstić information content (AvgIpc) is 3.37. The first-order chi connectivity index (χ1) is 11.7. The van der Waals surface area contributed by atoms with E-state index in [1.807, 2.05) is 23.2 Å². The molecule has 7 nitrogen and oxygen atoms in total. The molecule has 126 valence electrons. The summed E-state index contributed by atoms with van der Waals surface area (Å²) in [6.45, 7) is 1.91. The summed E-state index contributed by atoms with van der Waals surface area (Å²) >= 11 is 0. The van der Waals surface area contributed by atoms with Crippen molar-refractivity contribution >= 4 is 11.9 Å². The van der Waals surface area contributed by atoms with Gasteiger partial charge in [0.25, 0.3) is 5.91 Å². The maximum Gasteiger partial charge on any atom is 0.270 e. The number of anilines is 1. The van der Waals surface area contributed by atoms with Crippen LogP contribution in [0.3, 0.4) is 0 Å². The molecule has 1 saturated heterocycles. The first-order valence-electron chi connectivity index (χ1n) is 8.38. The van der Waals surface area contributed by atoms with Gasteiger partial charge in [-0.05, 0) is 31.0 Å². The van der Waals surface area contributed by atoms with Crippen LogP contribution >= 0.6 is 0 Å². The zero-order chi connectivity index (χ0) is 16.5. The van der Waals surface area contributed by atoms with Gasteiger partial charge >= 0.3 is 0 Å². The average molecular weight is 327 g/mol. The number of nitrogens with zero attached hydrogens (tertiary/aromatic N) is 5. The Morgan fingerprint density at radius 1 is 1.12 bits per heavy atom. The minimum absolute atomic E-state index is 0.0122. The van der Waals surface area contributed by atoms with Gasteiger partial charge in [0.05, 0.1) is 6.10 Å². The van der Waals surface area contributed by atoms with Gasteiger partial charge in [-0.2, -0.15) is 0 Å². The molecule has 7 heteroatoms. The minimum Gasteiger partial charge on any atom is -0.389 e. The predicted octanol–water partition coefficient (Wildman–Crippen LogP) is 0.936. The van der Waals surface area contributed by atoms with Crippen LogP contribution in [-0.2, 0) is 0 Å². The lowest BCUT2D eigenvalue weighted by Crippen LogP contribution is -2.38. The summed E-state index contributed by atoms with van der Waals surface area (Å²) in [4.78, 5) is 25.0. The van der Waals surface area contributed by atoms with Crippen molar-refractivity contribution in [1.29, 1.82) is 0 Å². The van der Waals surface area contributed by atoms with Crippen LogP contribution in [0.25, 0.3) is 0 Å². The van der Waals surface area contributed by atoms with E-state index in [1.54, 1.807) is 23.4 Å². The van der Waals surface area contributed by atoms with Crippen LogP contribution in [0.15, 0.2) is 36.8 Å². The van der Waals surface area contributed by atoms with E-state index in [4.69, 9.17) is 0 Å². The van der Waals surface area contributed by atoms with Crippen molar-refractivity contribution in [3.8, 4) is 0 Å². The Labute approximate surface area is 140 Å². The zero-order valence-corrected chi connectivity index (χ0v) is 13.5. The van der Waals surface area contributed by atoms with Crippen molar-refractivity contribution < 1.29 is 9.90 Å². The van der Waals surface area contributed by atoms with Crippen LogP contribution in [0.1, 0.15) is 29.4 Å². The molecule has 1 aliphatic carbocycles. The largest absolute Gasteiger partial charge is 0.389 e. The summed E-state index contributed by atoms with van der Waals surface area (Å²) in [6, 6.07) is 6.02. The summed E-state index contributed by atoms with van der Waals surface area (Å²) in [7, 11) is 0. The first kappa shape index (κ1) is 15.1. The number of rotatable bonds is 3. The molecular formula is C17H21N5O2. The molecule has 2 aromatic heterocycles. The summed E-state index contributed by atoms with van der Waals surface area (Å²) < 4.78 is 2.07. The monoisotopic (exact) mass is 327 g/mol. The molecule has 0 spiro atoms. The van der Waals surface area contributed by atoms with E-state index in [0.29, 0.717) is 43.9 Å². The molecule has 2 fully saturated rings. The van der Waals surface area contributed by atoms with Crippen LogP contribution in [0.5, 0.6) is 0 Å². The number of β-amino-alcohol motifs (C(OH)–C–C–N with tert-alkyl or cyclic N) is 1. The Balaban J connectivity index is 1.50. The molecule has 1 aliphatic heterocycles. The van der Waals surface area contributed by atoms with E-state index in [1.165, 1.54) is 0 Å². The highest BCUT2D eigenvalue weighted by molar-refractivity contribution is 5.93. The molecule has 4 rings (SSSR count). The van der Waals surface area contributed by atoms with E-state index in [2.05, 4.69) is 14.5 Å². The summed E-state index contributed by atoms with van der Waals surface area (Å²) in [5.74, 6) is 0.578. The number of carbonyl (C=O) groups is 1. The molecule has 1 N–H and O–H groups in total. The van der Waals surface area contributed by atoms with Gasteiger partial charge in [-0.3, -0.25) is 4.79 Å². The molecule has 1 atom stereocenters. The van der Waals surface area contributed by atoms with Gasteiger partial charge in [-0.1, -0.05) is 0 Å². The van der Waals surface area contributed by atoms with E-state index in [0.717, 1.165) is 12.8 Å². The van der Waals surface area contributed by atoms with Crippen molar-refractivity contribution in [1.82, 2.24) is 19.4 Å². The second-order valence-corrected chi connectivity index (χ2v) is 6.43. The number of aliphatic hydroxyl groups excluding tert-OH is 1. The van der Waals surface area contributed by atoms with Gasteiger partial charge in [-0.15, -0.1) is 0 Å². The second-order valence-electron chi connectivity index (χ2n) is 6.43. The molecule has 0 aromatic carbocycles. The molecule has 0 radical (unpaired) electrons. The Hall–Kier alpha value is -2.41. The summed E-state index contributed by atoms with van der Waals surface area (Å²) in [6.07, 6.45) is 7.00. The quantitative estimate of drug-likeness (QED) is 0.908. The maximum atomic E-state index is 12.9. The van der Waals surface area contributed by atoms with Gasteiger partial charge in [0.2, 0.25) is 5.95 Å². The second kappa shape index (κ2) is 6.24. The number of hydrogen-bond acceptors (Lipinski definition) is 5. The van der Waals surface area contributed by atoms with Gasteiger partial charge in [0, 0.05) is 50.8 Å². The van der Waals surface area contributed by atoms with Crippen molar-refractivity contribution in [2.45, 2.75) is 25.0 Å². The van der Waals surface area contributed by atoms with Crippen LogP contribution in [0.4, 0.5) is 5.95 Å². The third-order valence-electron chi connectivity index (χ3n) is 4.56. The maximum absolute atomic E-state index is 12.9. The van der Waals surface area contributed by atoms with Crippen LogP contribution in [-0.4, -0.2) is 62.7 Å². The molecule has 0 bridgehead atoms. The number of aromatic nitrogens is 3. The smallest absolute Gasteiger partial charge is 0.270 e. The SMILES string of the molecule is O=C(c1cccn1C1CC1)N1CCN(c2ncccn2)C[C@@H](O)C1. The van der Waals surface area contributed by atoms with Crippen molar-refractivity contribution in [3.05, 3.63) is 42.5 Å². The normalized spacial score (nSPS) is 21.6. The number of hydrogen-bond donors (Lipinski definition) is 1. The molecule has 3 heterocycles. The molecular weight excluding hydrogens is 306 g/mol. The Morgan fingerprint density at radius 3 is 2.67 bits per heavy atom. The molecule has 2 aliphatic rings. The predicted molar refractivity (Wildman–Crippen MR) is 88.9 cm³/mol. The van der Waals surface area contributed by atoms with E-state index >= 15 is 0 Å². The van der Waals surface area contributed by atoms with Crippen molar-refractivity contribution in [2.75, 3.05) is 31.1 Å². The van der Waals surface area contributed by atoms with Crippen LogP contribution in [0, 0.1) is 0 Å². The van der Waals surface area contributed by atoms with Crippen molar-refractivity contribution in [3.63, 3.8) is 0 Å². The fourth-order valence-corrected chi connectivity index (χ4v) is 3.22. The highest BCUT2D eigenvalue weighted by atomic mass is 16.3. The fourth-order valence-electron chi connectivity index (χ4n) is 3.22. The molecule has 1 saturated carbocycles. The Morgan fingerprint density at radius 2 is 1.92 bits per heavy atom. The van der Waals surface area contributed by atoms with E-state index in [9.17, 15) is 9.90 Å². The highest BCUT2D eigenvalue weighted by Crippen LogP contribution is 2.36. The van der Waals surface area contributed by atoms with Gasteiger partial charge in [0.15, 0.2) is 0 Å².